The van der Waals surface area contributed by atoms with Crippen molar-refractivity contribution >= 4 is 11.6 Å². The molecule has 4 nitrogen and oxygen atoms in total. The zero-order valence-corrected chi connectivity index (χ0v) is 12.0. The van der Waals surface area contributed by atoms with E-state index in [2.05, 4.69) is 10.4 Å². The van der Waals surface area contributed by atoms with Crippen LogP contribution < -0.4 is 10.1 Å². The largest absolute Gasteiger partial charge is 0.484 e. The third kappa shape index (κ3) is 3.14. The molecule has 2 aromatic rings. The molecule has 1 aromatic carbocycles. The number of hydrogen-bond acceptors (Lipinski definition) is 3. The molecule has 0 saturated carbocycles. The maximum absolute atomic E-state index is 6.32. The normalized spacial score (nSPS) is 18.4. The van der Waals surface area contributed by atoms with Crippen LogP contribution in [0.2, 0.25) is 5.15 Å². The Balaban J connectivity index is 1.61. The van der Waals surface area contributed by atoms with Gasteiger partial charge in [-0.25, -0.2) is 4.68 Å². The van der Waals surface area contributed by atoms with E-state index in [1.165, 1.54) is 12.8 Å². The Morgan fingerprint density at radius 2 is 2.20 bits per heavy atom. The Kier molecular flexibility index (Phi) is 4.23. The summed E-state index contributed by atoms with van der Waals surface area (Å²) >= 11 is 6.32. The third-order valence-corrected chi connectivity index (χ3v) is 3.92. The summed E-state index contributed by atoms with van der Waals surface area (Å²) in [7, 11) is 0. The van der Waals surface area contributed by atoms with Gasteiger partial charge < -0.3 is 10.1 Å². The summed E-state index contributed by atoms with van der Waals surface area (Å²) in [5.41, 5.74) is 1.12. The van der Waals surface area contributed by atoms with Gasteiger partial charge in [0.05, 0.1) is 12.7 Å². The predicted octanol–water partition coefficient (Wildman–Crippen LogP) is 2.87. The Labute approximate surface area is 123 Å². The third-order valence-electron chi connectivity index (χ3n) is 3.54. The van der Waals surface area contributed by atoms with Gasteiger partial charge in [-0.3, -0.25) is 0 Å². The van der Waals surface area contributed by atoms with Crippen LogP contribution in [0.1, 0.15) is 18.4 Å². The minimum Gasteiger partial charge on any atom is -0.484 e. The van der Waals surface area contributed by atoms with Crippen LogP contribution in [-0.2, 0) is 13.2 Å². The molecule has 1 saturated heterocycles. The van der Waals surface area contributed by atoms with Crippen molar-refractivity contribution in [1.82, 2.24) is 15.1 Å². The number of nitrogens with zero attached hydrogens (tertiary/aromatic N) is 2. The lowest BCUT2D eigenvalue weighted by molar-refractivity contribution is 0.305. The Bertz CT molecular complexity index is 550. The molecule has 20 heavy (non-hydrogen) atoms. The minimum absolute atomic E-state index is 0.467. The lowest BCUT2D eigenvalue weighted by Crippen LogP contribution is -2.27. The Morgan fingerprint density at radius 1 is 1.35 bits per heavy atom. The van der Waals surface area contributed by atoms with Gasteiger partial charge in [0, 0.05) is 6.04 Å². The molecular weight excluding hydrogens is 274 g/mol. The fourth-order valence-corrected chi connectivity index (χ4v) is 2.65. The van der Waals surface area contributed by atoms with E-state index in [9.17, 15) is 0 Å². The van der Waals surface area contributed by atoms with Gasteiger partial charge in [-0.1, -0.05) is 41.9 Å². The van der Waals surface area contributed by atoms with Gasteiger partial charge in [0.1, 0.15) is 6.61 Å². The minimum atomic E-state index is 0.467. The summed E-state index contributed by atoms with van der Waals surface area (Å²) in [4.78, 5) is 0. The number of ether oxygens (including phenoxy) is 1. The maximum atomic E-state index is 6.32. The standard InChI is InChI=1S/C15H18ClN3O/c16-15-14(20-11-12-5-2-1-3-6-12)9-18-19(15)10-13-7-4-8-17-13/h1-3,5-6,9,13,17H,4,7-8,10-11H2. The van der Waals surface area contributed by atoms with Crippen molar-refractivity contribution in [3.63, 3.8) is 0 Å². The highest BCUT2D eigenvalue weighted by Crippen LogP contribution is 2.25. The van der Waals surface area contributed by atoms with E-state index in [4.69, 9.17) is 16.3 Å². The van der Waals surface area contributed by atoms with Crippen molar-refractivity contribution in [1.29, 1.82) is 0 Å². The second-order valence-corrected chi connectivity index (χ2v) is 5.41. The topological polar surface area (TPSA) is 39.1 Å². The molecule has 106 valence electrons. The highest BCUT2D eigenvalue weighted by atomic mass is 35.5. The quantitative estimate of drug-likeness (QED) is 0.921. The van der Waals surface area contributed by atoms with Crippen LogP contribution in [-0.4, -0.2) is 22.4 Å². The van der Waals surface area contributed by atoms with Crippen molar-refractivity contribution in [3.8, 4) is 5.75 Å². The fraction of sp³-hybridized carbons (Fsp3) is 0.400. The van der Waals surface area contributed by atoms with E-state index >= 15 is 0 Å². The van der Waals surface area contributed by atoms with Gasteiger partial charge in [0.2, 0.25) is 0 Å². The number of benzene rings is 1. The summed E-state index contributed by atoms with van der Waals surface area (Å²) < 4.78 is 7.54. The number of nitrogens with one attached hydrogen (secondary N) is 1. The van der Waals surface area contributed by atoms with Gasteiger partial charge >= 0.3 is 0 Å². The number of aromatic nitrogens is 2. The molecule has 1 aliphatic rings. The summed E-state index contributed by atoms with van der Waals surface area (Å²) in [6.45, 7) is 2.39. The predicted molar refractivity (Wildman–Crippen MR) is 79.0 cm³/mol. The molecular formula is C15H18ClN3O. The van der Waals surface area contributed by atoms with E-state index in [1.807, 2.05) is 35.0 Å². The lowest BCUT2D eigenvalue weighted by atomic mass is 10.2. The average molecular weight is 292 g/mol. The zero-order valence-electron chi connectivity index (χ0n) is 11.3. The average Bonchev–Trinajstić information content (AvgIpc) is 3.10. The summed E-state index contributed by atoms with van der Waals surface area (Å²) in [5.74, 6) is 0.647. The molecule has 0 radical (unpaired) electrons. The van der Waals surface area contributed by atoms with Gasteiger partial charge in [0.25, 0.3) is 0 Å². The van der Waals surface area contributed by atoms with Crippen LogP contribution in [0.5, 0.6) is 5.75 Å². The lowest BCUT2D eigenvalue weighted by Gasteiger charge is -2.11. The first-order chi connectivity index (χ1) is 9.83. The molecule has 3 rings (SSSR count). The molecule has 1 aliphatic heterocycles. The van der Waals surface area contributed by atoms with Crippen LogP contribution in [0.25, 0.3) is 0 Å². The molecule has 0 bridgehead atoms. The summed E-state index contributed by atoms with van der Waals surface area (Å²) in [5, 5.41) is 8.33. The summed E-state index contributed by atoms with van der Waals surface area (Å²) in [6.07, 6.45) is 4.09. The second-order valence-electron chi connectivity index (χ2n) is 5.05. The van der Waals surface area contributed by atoms with E-state index in [1.54, 1.807) is 6.20 Å². The number of rotatable bonds is 5. The molecule has 5 heteroatoms. The highest BCUT2D eigenvalue weighted by molar-refractivity contribution is 6.31. The molecule has 1 N–H and O–H groups in total. The van der Waals surface area contributed by atoms with Gasteiger partial charge in [0.15, 0.2) is 10.9 Å². The summed E-state index contributed by atoms with van der Waals surface area (Å²) in [6, 6.07) is 10.5. The van der Waals surface area contributed by atoms with Crippen LogP contribution in [0.4, 0.5) is 0 Å². The second kappa shape index (κ2) is 6.29. The highest BCUT2D eigenvalue weighted by Gasteiger charge is 2.18. The SMILES string of the molecule is Clc1c(OCc2ccccc2)cnn1CC1CCCN1. The number of halogens is 1. The molecule has 2 heterocycles. The van der Waals surface area contributed by atoms with Gasteiger partial charge in [-0.2, -0.15) is 5.10 Å². The smallest absolute Gasteiger partial charge is 0.176 e. The van der Waals surface area contributed by atoms with Crippen molar-refractivity contribution in [2.75, 3.05) is 6.54 Å². The van der Waals surface area contributed by atoms with E-state index in [-0.39, 0.29) is 0 Å². The fourth-order valence-electron chi connectivity index (χ4n) is 2.43. The van der Waals surface area contributed by atoms with Crippen molar-refractivity contribution < 1.29 is 4.74 Å². The van der Waals surface area contributed by atoms with Gasteiger partial charge in [-0.05, 0) is 24.9 Å². The number of hydrogen-bond donors (Lipinski definition) is 1. The molecule has 0 aliphatic carbocycles. The first-order valence-corrected chi connectivity index (χ1v) is 7.32. The van der Waals surface area contributed by atoms with E-state index in [0.717, 1.165) is 18.7 Å². The molecule has 1 atom stereocenters. The van der Waals surface area contributed by atoms with Crippen LogP contribution >= 0.6 is 11.6 Å². The van der Waals surface area contributed by atoms with Crippen LogP contribution in [0.15, 0.2) is 36.5 Å². The monoisotopic (exact) mass is 291 g/mol. The van der Waals surface area contributed by atoms with E-state index < -0.39 is 0 Å². The van der Waals surface area contributed by atoms with E-state index in [0.29, 0.717) is 23.6 Å². The van der Waals surface area contributed by atoms with Crippen molar-refractivity contribution in [2.24, 2.45) is 0 Å². The van der Waals surface area contributed by atoms with Crippen LogP contribution in [0.3, 0.4) is 0 Å². The van der Waals surface area contributed by atoms with Crippen molar-refractivity contribution in [3.05, 3.63) is 47.2 Å². The molecule has 1 unspecified atom stereocenters. The Morgan fingerprint density at radius 3 is 2.95 bits per heavy atom. The van der Waals surface area contributed by atoms with Crippen LogP contribution in [0, 0.1) is 0 Å². The maximum Gasteiger partial charge on any atom is 0.176 e. The molecule has 0 amide bonds. The molecule has 0 spiro atoms. The van der Waals surface area contributed by atoms with Gasteiger partial charge in [-0.15, -0.1) is 0 Å². The van der Waals surface area contributed by atoms with Crippen molar-refractivity contribution in [2.45, 2.75) is 32.0 Å². The molecule has 1 aromatic heterocycles. The first kappa shape index (κ1) is 13.5. The first-order valence-electron chi connectivity index (χ1n) is 6.94. The molecule has 1 fully saturated rings. The Hall–Kier alpha value is -1.52. The zero-order chi connectivity index (χ0) is 13.8.